The van der Waals surface area contributed by atoms with Gasteiger partial charge in [0.25, 0.3) is 0 Å². The van der Waals surface area contributed by atoms with Crippen molar-refractivity contribution < 1.29 is 0 Å². The first-order chi connectivity index (χ1) is 7.88. The molecule has 4 heteroatoms. The topological polar surface area (TPSA) is 21.1 Å². The Morgan fingerprint density at radius 2 is 2.31 bits per heavy atom. The van der Waals surface area contributed by atoms with Gasteiger partial charge in [-0.3, -0.25) is 0 Å². The van der Waals surface area contributed by atoms with Gasteiger partial charge in [-0.25, -0.2) is 4.98 Å². The average molecular weight is 242 g/mol. The fraction of sp³-hybridized carbons (Fsp3) is 0.750. The number of aryl methyl sites for hydroxylation is 1. The summed E-state index contributed by atoms with van der Waals surface area (Å²) in [5.74, 6) is 1.65. The van der Waals surface area contributed by atoms with Crippen LogP contribution < -0.4 is 0 Å². The molecule has 2 rings (SSSR count). The van der Waals surface area contributed by atoms with Crippen molar-refractivity contribution in [1.29, 1.82) is 0 Å². The van der Waals surface area contributed by atoms with Gasteiger partial charge in [0.1, 0.15) is 0 Å². The number of hydrogen-bond donors (Lipinski definition) is 0. The summed E-state index contributed by atoms with van der Waals surface area (Å²) < 4.78 is 2.15. The van der Waals surface area contributed by atoms with Gasteiger partial charge in [-0.15, -0.1) is 11.6 Å². The fourth-order valence-corrected chi connectivity index (χ4v) is 2.71. The van der Waals surface area contributed by atoms with Crippen LogP contribution in [0.25, 0.3) is 0 Å². The molecule has 0 spiro atoms. The minimum Gasteiger partial charge on any atom is -0.337 e. The predicted molar refractivity (Wildman–Crippen MR) is 66.7 cm³/mol. The molecule has 1 atom stereocenters. The number of hydrogen-bond acceptors (Lipinski definition) is 2. The van der Waals surface area contributed by atoms with Gasteiger partial charge in [0.15, 0.2) is 0 Å². The van der Waals surface area contributed by atoms with Crippen molar-refractivity contribution in [1.82, 2.24) is 14.5 Å². The molecule has 0 saturated carbocycles. The Morgan fingerprint density at radius 3 is 3.06 bits per heavy atom. The fourth-order valence-electron chi connectivity index (χ4n) is 2.40. The van der Waals surface area contributed by atoms with Crippen molar-refractivity contribution in [3.63, 3.8) is 0 Å². The molecule has 1 aromatic heterocycles. The second-order valence-corrected chi connectivity index (χ2v) is 4.96. The average Bonchev–Trinajstić information content (AvgIpc) is 2.90. The Kier molecular flexibility index (Phi) is 4.67. The largest absolute Gasteiger partial charge is 0.337 e. The molecular formula is C12H20ClN3. The summed E-state index contributed by atoms with van der Waals surface area (Å²) in [7, 11) is 0. The van der Waals surface area contributed by atoms with Crippen LogP contribution in [-0.2, 0) is 6.54 Å². The van der Waals surface area contributed by atoms with E-state index in [1.165, 1.54) is 38.9 Å². The van der Waals surface area contributed by atoms with Gasteiger partial charge >= 0.3 is 0 Å². The summed E-state index contributed by atoms with van der Waals surface area (Å²) in [4.78, 5) is 6.61. The number of nitrogens with zero attached hydrogens (tertiary/aromatic N) is 3. The third-order valence-electron chi connectivity index (χ3n) is 3.34. The summed E-state index contributed by atoms with van der Waals surface area (Å²) in [6, 6.07) is 0. The summed E-state index contributed by atoms with van der Waals surface area (Å²) in [6.45, 7) is 4.79. The number of likely N-dealkylation sites (tertiary alicyclic amines) is 1. The van der Waals surface area contributed by atoms with Crippen molar-refractivity contribution >= 4 is 11.6 Å². The van der Waals surface area contributed by atoms with Gasteiger partial charge in [-0.2, -0.15) is 0 Å². The minimum absolute atomic E-state index is 0.813. The molecule has 1 fully saturated rings. The summed E-state index contributed by atoms with van der Waals surface area (Å²) in [5, 5.41) is 0. The smallest absolute Gasteiger partial charge is 0.0945 e. The minimum atomic E-state index is 0.813. The molecule has 2 heterocycles. The van der Waals surface area contributed by atoms with E-state index < -0.39 is 0 Å². The number of halogens is 1. The van der Waals surface area contributed by atoms with E-state index in [9.17, 15) is 0 Å². The van der Waals surface area contributed by atoms with Crippen molar-refractivity contribution in [2.45, 2.75) is 25.8 Å². The second kappa shape index (κ2) is 6.26. The van der Waals surface area contributed by atoms with Crippen molar-refractivity contribution in [2.24, 2.45) is 5.92 Å². The molecule has 3 nitrogen and oxygen atoms in total. The highest BCUT2D eigenvalue weighted by atomic mass is 35.5. The van der Waals surface area contributed by atoms with Crippen LogP contribution >= 0.6 is 11.6 Å². The predicted octanol–water partition coefficient (Wildman–Crippen LogP) is 2.22. The van der Waals surface area contributed by atoms with Crippen molar-refractivity contribution in [3.05, 3.63) is 18.7 Å². The van der Waals surface area contributed by atoms with Gasteiger partial charge in [0.05, 0.1) is 6.33 Å². The maximum absolute atomic E-state index is 5.77. The lowest BCUT2D eigenvalue weighted by Gasteiger charge is -2.15. The molecule has 0 aromatic carbocycles. The normalized spacial score (nSPS) is 21.7. The second-order valence-electron chi connectivity index (χ2n) is 4.59. The van der Waals surface area contributed by atoms with Gasteiger partial charge in [0.2, 0.25) is 0 Å². The first kappa shape index (κ1) is 11.9. The lowest BCUT2D eigenvalue weighted by molar-refractivity contribution is 0.311. The number of imidazole rings is 1. The maximum atomic E-state index is 5.77. The SMILES string of the molecule is ClCCC1CCN(CCCn2ccnc2)C1. The molecule has 0 amide bonds. The zero-order chi connectivity index (χ0) is 11.2. The summed E-state index contributed by atoms with van der Waals surface area (Å²) >= 11 is 5.77. The molecule has 0 radical (unpaired) electrons. The molecule has 1 aromatic rings. The van der Waals surface area contributed by atoms with E-state index in [1.807, 2.05) is 18.7 Å². The zero-order valence-electron chi connectivity index (χ0n) is 9.69. The zero-order valence-corrected chi connectivity index (χ0v) is 10.4. The Hall–Kier alpha value is -0.540. The molecule has 1 aliphatic rings. The molecule has 16 heavy (non-hydrogen) atoms. The number of aromatic nitrogens is 2. The van der Waals surface area contributed by atoms with Crippen molar-refractivity contribution in [2.75, 3.05) is 25.5 Å². The third-order valence-corrected chi connectivity index (χ3v) is 3.56. The van der Waals surface area contributed by atoms with Crippen LogP contribution in [-0.4, -0.2) is 40.0 Å². The molecule has 0 bridgehead atoms. The Bertz CT molecular complexity index is 286. The summed E-state index contributed by atoms with van der Waals surface area (Å²) in [6.07, 6.45) is 9.48. The van der Waals surface area contributed by atoms with Crippen LogP contribution in [0.2, 0.25) is 0 Å². The molecular weight excluding hydrogens is 222 g/mol. The van der Waals surface area contributed by atoms with E-state index >= 15 is 0 Å². The van der Waals surface area contributed by atoms with Gasteiger partial charge < -0.3 is 9.47 Å². The first-order valence-electron chi connectivity index (χ1n) is 6.12. The molecule has 1 unspecified atom stereocenters. The number of alkyl halides is 1. The van der Waals surface area contributed by atoms with Crippen LogP contribution in [0.5, 0.6) is 0 Å². The lowest BCUT2D eigenvalue weighted by atomic mass is 10.1. The quantitative estimate of drug-likeness (QED) is 0.713. The van der Waals surface area contributed by atoms with Crippen LogP contribution in [0.4, 0.5) is 0 Å². The Balaban J connectivity index is 1.60. The maximum Gasteiger partial charge on any atom is 0.0945 e. The molecule has 0 N–H and O–H groups in total. The van der Waals surface area contributed by atoms with Gasteiger partial charge in [0, 0.05) is 31.4 Å². The Labute approximate surface area is 102 Å². The molecule has 0 aliphatic carbocycles. The standard InChI is InChI=1S/C12H20ClN3/c13-4-2-12-3-8-15(10-12)6-1-7-16-9-5-14-11-16/h5,9,11-12H,1-4,6-8,10H2. The van der Waals surface area contributed by atoms with E-state index in [0.717, 1.165) is 18.3 Å². The highest BCUT2D eigenvalue weighted by Gasteiger charge is 2.20. The van der Waals surface area contributed by atoms with Crippen LogP contribution in [0.1, 0.15) is 19.3 Å². The molecule has 90 valence electrons. The third kappa shape index (κ3) is 3.49. The Morgan fingerprint density at radius 1 is 1.38 bits per heavy atom. The highest BCUT2D eigenvalue weighted by molar-refractivity contribution is 6.17. The van der Waals surface area contributed by atoms with Gasteiger partial charge in [-0.1, -0.05) is 0 Å². The monoisotopic (exact) mass is 241 g/mol. The number of rotatable bonds is 6. The highest BCUT2D eigenvalue weighted by Crippen LogP contribution is 2.19. The van der Waals surface area contributed by atoms with Crippen LogP contribution in [0, 0.1) is 5.92 Å². The lowest BCUT2D eigenvalue weighted by Crippen LogP contribution is -2.23. The van der Waals surface area contributed by atoms with Crippen LogP contribution in [0.15, 0.2) is 18.7 Å². The summed E-state index contributed by atoms with van der Waals surface area (Å²) in [5.41, 5.74) is 0. The van der Waals surface area contributed by atoms with E-state index in [0.29, 0.717) is 0 Å². The van der Waals surface area contributed by atoms with Crippen LogP contribution in [0.3, 0.4) is 0 Å². The van der Waals surface area contributed by atoms with E-state index in [4.69, 9.17) is 11.6 Å². The van der Waals surface area contributed by atoms with Crippen molar-refractivity contribution in [3.8, 4) is 0 Å². The van der Waals surface area contributed by atoms with Gasteiger partial charge in [-0.05, 0) is 38.3 Å². The molecule has 1 saturated heterocycles. The first-order valence-corrected chi connectivity index (χ1v) is 6.66. The van der Waals surface area contributed by atoms with E-state index in [1.54, 1.807) is 0 Å². The van der Waals surface area contributed by atoms with E-state index in [-0.39, 0.29) is 0 Å². The van der Waals surface area contributed by atoms with E-state index in [2.05, 4.69) is 14.5 Å². The molecule has 1 aliphatic heterocycles.